The standard InChI is InChI=1S/C29H29N7O2S/c1-38-15-14-35-10-12-36(13-11-35)19-20-16-25-29(31-17-20)39-28(34-25)21-6-2-3-7-22(21)33-27(37)26-18-30-23-8-4-5-9-24(23)32-26/h2-9,16-18H,10-15,19H2,1H3,(H,33,37). The molecule has 0 aliphatic carbocycles. The summed E-state index contributed by atoms with van der Waals surface area (Å²) in [5.41, 5.74) is 5.23. The van der Waals surface area contributed by atoms with Crippen LogP contribution in [-0.2, 0) is 11.3 Å². The number of benzene rings is 2. The Bertz CT molecular complexity index is 1610. The Morgan fingerprint density at radius 2 is 1.69 bits per heavy atom. The van der Waals surface area contributed by atoms with Gasteiger partial charge in [-0.1, -0.05) is 35.6 Å². The molecule has 0 bridgehead atoms. The van der Waals surface area contributed by atoms with E-state index in [1.165, 1.54) is 17.5 Å². The third-order valence-corrected chi connectivity index (χ3v) is 7.89. The molecule has 9 nitrogen and oxygen atoms in total. The molecule has 1 amide bonds. The predicted molar refractivity (Wildman–Crippen MR) is 154 cm³/mol. The fourth-order valence-corrected chi connectivity index (χ4v) is 5.68. The summed E-state index contributed by atoms with van der Waals surface area (Å²) in [5, 5.41) is 3.81. The summed E-state index contributed by atoms with van der Waals surface area (Å²) < 4.78 is 5.21. The van der Waals surface area contributed by atoms with E-state index >= 15 is 0 Å². The number of piperazine rings is 1. The number of carbonyl (C=O) groups excluding carboxylic acids is 1. The Balaban J connectivity index is 1.18. The molecule has 2 aromatic carbocycles. The highest BCUT2D eigenvalue weighted by molar-refractivity contribution is 7.21. The zero-order chi connectivity index (χ0) is 26.6. The van der Waals surface area contributed by atoms with Crippen LogP contribution in [0.5, 0.6) is 0 Å². The second-order valence-corrected chi connectivity index (χ2v) is 10.5. The maximum absolute atomic E-state index is 13.1. The van der Waals surface area contributed by atoms with E-state index in [0.717, 1.165) is 77.9 Å². The maximum Gasteiger partial charge on any atom is 0.275 e. The predicted octanol–water partition coefficient (Wildman–Crippen LogP) is 4.32. The first-order valence-corrected chi connectivity index (χ1v) is 13.8. The summed E-state index contributed by atoms with van der Waals surface area (Å²) in [4.78, 5) is 37.3. The van der Waals surface area contributed by atoms with Gasteiger partial charge >= 0.3 is 0 Å². The second kappa shape index (κ2) is 11.5. The van der Waals surface area contributed by atoms with Gasteiger partial charge in [0.25, 0.3) is 5.91 Å². The van der Waals surface area contributed by atoms with Crippen molar-refractivity contribution in [2.24, 2.45) is 0 Å². The lowest BCUT2D eigenvalue weighted by atomic mass is 10.2. The van der Waals surface area contributed by atoms with Crippen LogP contribution in [0.3, 0.4) is 0 Å². The van der Waals surface area contributed by atoms with Crippen LogP contribution in [0.2, 0.25) is 0 Å². The number of rotatable bonds is 8. The van der Waals surface area contributed by atoms with E-state index in [-0.39, 0.29) is 11.6 Å². The number of para-hydroxylation sites is 3. The van der Waals surface area contributed by atoms with Crippen LogP contribution in [0.25, 0.3) is 32.0 Å². The van der Waals surface area contributed by atoms with Gasteiger partial charge < -0.3 is 10.1 Å². The van der Waals surface area contributed by atoms with Crippen LogP contribution in [0.15, 0.2) is 67.0 Å². The van der Waals surface area contributed by atoms with Crippen molar-refractivity contribution in [3.63, 3.8) is 0 Å². The molecule has 198 valence electrons. The molecule has 10 heteroatoms. The average molecular weight is 540 g/mol. The van der Waals surface area contributed by atoms with Crippen molar-refractivity contribution < 1.29 is 9.53 Å². The maximum atomic E-state index is 13.1. The van der Waals surface area contributed by atoms with Gasteiger partial charge in [-0.3, -0.25) is 19.6 Å². The summed E-state index contributed by atoms with van der Waals surface area (Å²) in [5.74, 6) is -0.315. The third-order valence-electron chi connectivity index (χ3n) is 6.87. The highest BCUT2D eigenvalue weighted by atomic mass is 32.1. The van der Waals surface area contributed by atoms with Crippen LogP contribution in [0, 0.1) is 0 Å². The molecule has 3 aromatic heterocycles. The molecule has 39 heavy (non-hydrogen) atoms. The minimum absolute atomic E-state index is 0.263. The van der Waals surface area contributed by atoms with Crippen LogP contribution >= 0.6 is 11.3 Å². The molecule has 5 aromatic rings. The fourth-order valence-electron chi connectivity index (χ4n) is 4.75. The Morgan fingerprint density at radius 3 is 2.54 bits per heavy atom. The van der Waals surface area contributed by atoms with Crippen molar-refractivity contribution in [2.45, 2.75) is 6.54 Å². The summed E-state index contributed by atoms with van der Waals surface area (Å²) in [6.45, 7) is 6.76. The van der Waals surface area contributed by atoms with Gasteiger partial charge in [-0.2, -0.15) is 0 Å². The van der Waals surface area contributed by atoms with Gasteiger partial charge in [0.1, 0.15) is 21.0 Å². The molecule has 0 spiro atoms. The summed E-state index contributed by atoms with van der Waals surface area (Å²) in [6, 6.07) is 17.3. The van der Waals surface area contributed by atoms with Crippen LogP contribution in [0.1, 0.15) is 16.1 Å². The number of methoxy groups -OCH3 is 1. The van der Waals surface area contributed by atoms with E-state index in [1.807, 2.05) is 54.7 Å². The zero-order valence-electron chi connectivity index (χ0n) is 21.7. The Hall–Kier alpha value is -3.83. The molecule has 1 saturated heterocycles. The van der Waals surface area contributed by atoms with E-state index in [1.54, 1.807) is 7.11 Å². The lowest BCUT2D eigenvalue weighted by Gasteiger charge is -2.34. The molecule has 0 radical (unpaired) electrons. The van der Waals surface area contributed by atoms with E-state index < -0.39 is 0 Å². The topological polar surface area (TPSA) is 96.4 Å². The number of fused-ring (bicyclic) bond motifs is 2. The number of thiazole rings is 1. The first-order chi connectivity index (χ1) is 19.2. The largest absolute Gasteiger partial charge is 0.383 e. The zero-order valence-corrected chi connectivity index (χ0v) is 22.5. The normalized spacial score (nSPS) is 14.7. The number of hydrogen-bond donors (Lipinski definition) is 1. The lowest BCUT2D eigenvalue weighted by Crippen LogP contribution is -2.46. The molecule has 6 rings (SSSR count). The van der Waals surface area contributed by atoms with Gasteiger partial charge in [0.2, 0.25) is 0 Å². The SMILES string of the molecule is COCCN1CCN(Cc2cnc3sc(-c4ccccc4NC(=O)c4cnc5ccccc5n4)nc3c2)CC1. The molecule has 1 aliphatic heterocycles. The Labute approximate surface area is 230 Å². The number of hydrogen-bond acceptors (Lipinski definition) is 9. The van der Waals surface area contributed by atoms with E-state index in [4.69, 9.17) is 14.7 Å². The van der Waals surface area contributed by atoms with E-state index in [9.17, 15) is 4.79 Å². The highest BCUT2D eigenvalue weighted by Gasteiger charge is 2.18. The average Bonchev–Trinajstić information content (AvgIpc) is 3.40. The number of amides is 1. The number of nitrogens with one attached hydrogen (secondary N) is 1. The molecular formula is C29H29N7O2S. The smallest absolute Gasteiger partial charge is 0.275 e. The van der Waals surface area contributed by atoms with Crippen molar-refractivity contribution >= 4 is 44.3 Å². The van der Waals surface area contributed by atoms with Crippen molar-refractivity contribution in [2.75, 3.05) is 51.8 Å². The van der Waals surface area contributed by atoms with Gasteiger partial charge in [0.05, 0.1) is 29.5 Å². The third kappa shape index (κ3) is 5.79. The van der Waals surface area contributed by atoms with Gasteiger partial charge in [0.15, 0.2) is 0 Å². The summed E-state index contributed by atoms with van der Waals surface area (Å²) in [7, 11) is 1.75. The number of carbonyl (C=O) groups is 1. The van der Waals surface area contributed by atoms with Crippen molar-refractivity contribution in [1.29, 1.82) is 0 Å². The molecule has 0 atom stereocenters. The number of aromatic nitrogens is 4. The highest BCUT2D eigenvalue weighted by Crippen LogP contribution is 2.34. The number of ether oxygens (including phenoxy) is 1. The van der Waals surface area contributed by atoms with Crippen molar-refractivity contribution in [1.82, 2.24) is 29.7 Å². The quantitative estimate of drug-likeness (QED) is 0.312. The fraction of sp³-hybridized carbons (Fsp3) is 0.276. The minimum atomic E-state index is -0.315. The number of pyridine rings is 1. The van der Waals surface area contributed by atoms with Gasteiger partial charge in [0, 0.05) is 58.1 Å². The molecule has 1 fully saturated rings. The number of nitrogens with zero attached hydrogens (tertiary/aromatic N) is 6. The molecule has 1 aliphatic rings. The summed E-state index contributed by atoms with van der Waals surface area (Å²) >= 11 is 1.52. The molecule has 1 N–H and O–H groups in total. The first kappa shape index (κ1) is 25.4. The van der Waals surface area contributed by atoms with Gasteiger partial charge in [-0.15, -0.1) is 0 Å². The molecule has 4 heterocycles. The molecule has 0 unspecified atom stereocenters. The minimum Gasteiger partial charge on any atom is -0.383 e. The van der Waals surface area contributed by atoms with Crippen molar-refractivity contribution in [3.8, 4) is 10.6 Å². The lowest BCUT2D eigenvalue weighted by molar-refractivity contribution is 0.0938. The summed E-state index contributed by atoms with van der Waals surface area (Å²) in [6.07, 6.45) is 3.45. The van der Waals surface area contributed by atoms with Crippen LogP contribution in [0.4, 0.5) is 5.69 Å². The van der Waals surface area contributed by atoms with Gasteiger partial charge in [-0.05, 0) is 35.9 Å². The molecule has 0 saturated carbocycles. The van der Waals surface area contributed by atoms with Gasteiger partial charge in [-0.25, -0.2) is 15.0 Å². The van der Waals surface area contributed by atoms with Crippen molar-refractivity contribution in [3.05, 3.63) is 78.2 Å². The number of anilines is 1. The van der Waals surface area contributed by atoms with E-state index in [2.05, 4.69) is 31.2 Å². The monoisotopic (exact) mass is 539 g/mol. The second-order valence-electron chi connectivity index (χ2n) is 9.54. The molecular weight excluding hydrogens is 510 g/mol. The van der Waals surface area contributed by atoms with Crippen LogP contribution < -0.4 is 5.32 Å². The van der Waals surface area contributed by atoms with Crippen LogP contribution in [-0.4, -0.2) is 82.1 Å². The first-order valence-electron chi connectivity index (χ1n) is 13.0. The van der Waals surface area contributed by atoms with E-state index in [0.29, 0.717) is 11.2 Å². The Morgan fingerprint density at radius 1 is 0.923 bits per heavy atom. The Kier molecular flexibility index (Phi) is 7.51.